The Balaban J connectivity index is 1.96. The molecule has 1 saturated heterocycles. The first-order chi connectivity index (χ1) is 8.69. The van der Waals surface area contributed by atoms with E-state index in [1.807, 2.05) is 0 Å². The lowest BCUT2D eigenvalue weighted by Gasteiger charge is -2.24. The van der Waals surface area contributed by atoms with Crippen LogP contribution in [0.1, 0.15) is 43.8 Å². The van der Waals surface area contributed by atoms with Crippen molar-refractivity contribution < 1.29 is 4.74 Å². The number of ether oxygens (including phenoxy) is 1. The van der Waals surface area contributed by atoms with Crippen LogP contribution < -0.4 is 5.32 Å². The maximum Gasteiger partial charge on any atom is 0.0897 e. The number of thiazole rings is 1. The van der Waals surface area contributed by atoms with Crippen LogP contribution in [0, 0.1) is 6.92 Å². The minimum Gasteiger partial charge on any atom is -0.374 e. The van der Waals surface area contributed by atoms with Gasteiger partial charge in [-0.25, -0.2) is 4.98 Å². The van der Waals surface area contributed by atoms with Gasteiger partial charge in [0, 0.05) is 17.8 Å². The summed E-state index contributed by atoms with van der Waals surface area (Å²) in [7, 11) is 0. The molecule has 3 unspecified atom stereocenters. The molecule has 2 heterocycles. The van der Waals surface area contributed by atoms with E-state index in [1.54, 1.807) is 11.3 Å². The van der Waals surface area contributed by atoms with Gasteiger partial charge in [0.1, 0.15) is 0 Å². The van der Waals surface area contributed by atoms with E-state index >= 15 is 0 Å². The summed E-state index contributed by atoms with van der Waals surface area (Å²) in [6, 6.07) is 0.413. The number of hydrogen-bond donors (Lipinski definition) is 1. The standard InChI is InChI=1S/C14H24N2OS/c1-4-7-15-13(14-6-5-10(2)17-14)8-12-9-18-11(3)16-12/h9-10,13-15H,4-8H2,1-3H3. The SMILES string of the molecule is CCCNC(Cc1csc(C)n1)C1CCC(C)O1. The predicted molar refractivity (Wildman–Crippen MR) is 76.2 cm³/mol. The van der Waals surface area contributed by atoms with E-state index in [0.717, 1.165) is 24.4 Å². The molecule has 1 aliphatic rings. The van der Waals surface area contributed by atoms with Crippen LogP contribution in [0.5, 0.6) is 0 Å². The van der Waals surface area contributed by atoms with Crippen LogP contribution in [-0.2, 0) is 11.2 Å². The van der Waals surface area contributed by atoms with Crippen molar-refractivity contribution in [3.63, 3.8) is 0 Å². The molecule has 1 aliphatic heterocycles. The fourth-order valence-corrected chi connectivity index (χ4v) is 3.15. The Kier molecular flexibility index (Phi) is 5.15. The van der Waals surface area contributed by atoms with Crippen molar-refractivity contribution in [2.75, 3.05) is 6.54 Å². The molecule has 0 amide bonds. The lowest BCUT2D eigenvalue weighted by Crippen LogP contribution is -2.42. The molecular weight excluding hydrogens is 244 g/mol. The van der Waals surface area contributed by atoms with Crippen LogP contribution in [0.15, 0.2) is 5.38 Å². The van der Waals surface area contributed by atoms with Crippen molar-refractivity contribution >= 4 is 11.3 Å². The lowest BCUT2D eigenvalue weighted by atomic mass is 10.0. The summed E-state index contributed by atoms with van der Waals surface area (Å²) in [4.78, 5) is 4.57. The summed E-state index contributed by atoms with van der Waals surface area (Å²) in [6.07, 6.45) is 5.28. The van der Waals surface area contributed by atoms with E-state index in [1.165, 1.54) is 18.5 Å². The monoisotopic (exact) mass is 268 g/mol. The molecule has 1 aromatic heterocycles. The third kappa shape index (κ3) is 3.77. The number of nitrogens with one attached hydrogen (secondary N) is 1. The van der Waals surface area contributed by atoms with Gasteiger partial charge in [0.05, 0.1) is 22.9 Å². The normalized spacial score (nSPS) is 25.5. The highest BCUT2D eigenvalue weighted by Crippen LogP contribution is 2.24. The molecule has 3 atom stereocenters. The van der Waals surface area contributed by atoms with E-state index in [2.05, 4.69) is 36.5 Å². The Hall–Kier alpha value is -0.450. The largest absolute Gasteiger partial charge is 0.374 e. The summed E-state index contributed by atoms with van der Waals surface area (Å²) in [6.45, 7) is 7.50. The van der Waals surface area contributed by atoms with Crippen LogP contribution in [0.3, 0.4) is 0 Å². The maximum atomic E-state index is 6.01. The topological polar surface area (TPSA) is 34.2 Å². The van der Waals surface area contributed by atoms with Gasteiger partial charge in [-0.2, -0.15) is 0 Å². The van der Waals surface area contributed by atoms with Gasteiger partial charge >= 0.3 is 0 Å². The van der Waals surface area contributed by atoms with Gasteiger partial charge in [-0.05, 0) is 39.7 Å². The zero-order valence-corrected chi connectivity index (χ0v) is 12.4. The number of hydrogen-bond acceptors (Lipinski definition) is 4. The highest BCUT2D eigenvalue weighted by Gasteiger charge is 2.29. The molecule has 0 radical (unpaired) electrons. The molecular formula is C14H24N2OS. The van der Waals surface area contributed by atoms with Crippen molar-refractivity contribution in [1.29, 1.82) is 0 Å². The van der Waals surface area contributed by atoms with Gasteiger partial charge in [-0.3, -0.25) is 0 Å². The highest BCUT2D eigenvalue weighted by atomic mass is 32.1. The van der Waals surface area contributed by atoms with Gasteiger partial charge in [-0.1, -0.05) is 6.92 Å². The molecule has 0 aliphatic carbocycles. The zero-order chi connectivity index (χ0) is 13.0. The van der Waals surface area contributed by atoms with Crippen LogP contribution in [-0.4, -0.2) is 29.8 Å². The summed E-state index contributed by atoms with van der Waals surface area (Å²) in [5.41, 5.74) is 1.20. The maximum absolute atomic E-state index is 6.01. The van der Waals surface area contributed by atoms with Crippen LogP contribution >= 0.6 is 11.3 Å². The van der Waals surface area contributed by atoms with Crippen LogP contribution in [0.25, 0.3) is 0 Å². The minimum absolute atomic E-state index is 0.355. The Morgan fingerprint density at radius 1 is 1.56 bits per heavy atom. The van der Waals surface area contributed by atoms with Gasteiger partial charge in [-0.15, -0.1) is 11.3 Å². The number of rotatable bonds is 6. The molecule has 3 nitrogen and oxygen atoms in total. The van der Waals surface area contributed by atoms with Crippen molar-refractivity contribution in [3.8, 4) is 0 Å². The molecule has 102 valence electrons. The zero-order valence-electron chi connectivity index (χ0n) is 11.6. The van der Waals surface area contributed by atoms with Crippen LogP contribution in [0.4, 0.5) is 0 Å². The van der Waals surface area contributed by atoms with E-state index in [0.29, 0.717) is 18.2 Å². The first-order valence-electron chi connectivity index (χ1n) is 6.99. The first-order valence-corrected chi connectivity index (χ1v) is 7.87. The highest BCUT2D eigenvalue weighted by molar-refractivity contribution is 7.09. The smallest absolute Gasteiger partial charge is 0.0897 e. The molecule has 1 aromatic rings. The number of aromatic nitrogens is 1. The second-order valence-electron chi connectivity index (χ2n) is 5.19. The second-order valence-corrected chi connectivity index (χ2v) is 6.25. The van der Waals surface area contributed by atoms with E-state index in [-0.39, 0.29) is 0 Å². The quantitative estimate of drug-likeness (QED) is 0.861. The molecule has 1 N–H and O–H groups in total. The van der Waals surface area contributed by atoms with Crippen molar-refractivity contribution in [3.05, 3.63) is 16.1 Å². The molecule has 2 rings (SSSR count). The fourth-order valence-electron chi connectivity index (χ4n) is 2.52. The second kappa shape index (κ2) is 6.64. The van der Waals surface area contributed by atoms with Crippen molar-refractivity contribution in [2.24, 2.45) is 0 Å². The first kappa shape index (κ1) is 14.0. The molecule has 18 heavy (non-hydrogen) atoms. The number of aryl methyl sites for hydroxylation is 1. The Bertz CT molecular complexity index is 366. The molecule has 0 spiro atoms. The Morgan fingerprint density at radius 2 is 2.39 bits per heavy atom. The van der Waals surface area contributed by atoms with Gasteiger partial charge < -0.3 is 10.1 Å². The summed E-state index contributed by atoms with van der Waals surface area (Å²) < 4.78 is 6.01. The average molecular weight is 268 g/mol. The van der Waals surface area contributed by atoms with Gasteiger partial charge in [0.2, 0.25) is 0 Å². The van der Waals surface area contributed by atoms with E-state index < -0.39 is 0 Å². The molecule has 4 heteroatoms. The lowest BCUT2D eigenvalue weighted by molar-refractivity contribution is 0.0319. The molecule has 0 saturated carbocycles. The van der Waals surface area contributed by atoms with Crippen molar-refractivity contribution in [1.82, 2.24) is 10.3 Å². The summed E-state index contributed by atoms with van der Waals surface area (Å²) >= 11 is 1.73. The minimum atomic E-state index is 0.355. The average Bonchev–Trinajstić information content (AvgIpc) is 2.93. The van der Waals surface area contributed by atoms with Gasteiger partial charge in [0.25, 0.3) is 0 Å². The molecule has 1 fully saturated rings. The summed E-state index contributed by atoms with van der Waals surface area (Å²) in [5, 5.41) is 6.96. The Labute approximate surface area is 114 Å². The van der Waals surface area contributed by atoms with E-state index in [4.69, 9.17) is 4.74 Å². The number of nitrogens with zero attached hydrogens (tertiary/aromatic N) is 1. The van der Waals surface area contributed by atoms with Crippen molar-refractivity contribution in [2.45, 2.75) is 64.7 Å². The van der Waals surface area contributed by atoms with E-state index in [9.17, 15) is 0 Å². The fraction of sp³-hybridized carbons (Fsp3) is 0.786. The van der Waals surface area contributed by atoms with Gasteiger partial charge in [0.15, 0.2) is 0 Å². The predicted octanol–water partition coefficient (Wildman–Crippen LogP) is 2.93. The Morgan fingerprint density at radius 3 is 2.94 bits per heavy atom. The van der Waals surface area contributed by atoms with Crippen LogP contribution in [0.2, 0.25) is 0 Å². The molecule has 0 aromatic carbocycles. The third-order valence-corrected chi connectivity index (χ3v) is 4.29. The third-order valence-electron chi connectivity index (χ3n) is 3.47. The summed E-state index contributed by atoms with van der Waals surface area (Å²) in [5.74, 6) is 0. The molecule has 0 bridgehead atoms.